The molecule has 112 valence electrons. The molecule has 0 radical (unpaired) electrons. The third-order valence-electron chi connectivity index (χ3n) is 3.94. The zero-order valence-electron chi connectivity index (χ0n) is 12.2. The molecule has 21 heavy (non-hydrogen) atoms. The number of rotatable bonds is 2. The third-order valence-corrected chi connectivity index (χ3v) is 4.23. The molecule has 7 nitrogen and oxygen atoms in total. The SMILES string of the molecule is Cn1ncc2c(Cl)nc(CN3CCNC(=O)C3(C)C)nc21. The van der Waals surface area contributed by atoms with E-state index in [1.807, 2.05) is 20.9 Å². The summed E-state index contributed by atoms with van der Waals surface area (Å²) in [6.45, 7) is 5.64. The maximum absolute atomic E-state index is 12.0. The maximum Gasteiger partial charge on any atom is 0.240 e. The highest BCUT2D eigenvalue weighted by Crippen LogP contribution is 2.23. The summed E-state index contributed by atoms with van der Waals surface area (Å²) >= 11 is 6.19. The van der Waals surface area contributed by atoms with Crippen molar-refractivity contribution >= 4 is 28.5 Å². The Balaban J connectivity index is 1.94. The first-order chi connectivity index (χ1) is 9.89. The predicted molar refractivity (Wildman–Crippen MR) is 78.8 cm³/mol. The van der Waals surface area contributed by atoms with Gasteiger partial charge in [0.15, 0.2) is 5.65 Å². The van der Waals surface area contributed by atoms with Crippen LogP contribution in [0, 0.1) is 0 Å². The van der Waals surface area contributed by atoms with E-state index in [4.69, 9.17) is 11.6 Å². The van der Waals surface area contributed by atoms with Crippen LogP contribution < -0.4 is 5.32 Å². The number of hydrogen-bond donors (Lipinski definition) is 1. The van der Waals surface area contributed by atoms with Gasteiger partial charge in [0.05, 0.1) is 23.7 Å². The smallest absolute Gasteiger partial charge is 0.240 e. The molecule has 0 unspecified atom stereocenters. The van der Waals surface area contributed by atoms with E-state index in [-0.39, 0.29) is 5.91 Å². The van der Waals surface area contributed by atoms with Gasteiger partial charge in [-0.05, 0) is 13.8 Å². The lowest BCUT2D eigenvalue weighted by atomic mass is 9.99. The molecule has 3 rings (SSSR count). The van der Waals surface area contributed by atoms with Crippen molar-refractivity contribution in [2.75, 3.05) is 13.1 Å². The van der Waals surface area contributed by atoms with Gasteiger partial charge < -0.3 is 5.32 Å². The number of amides is 1. The summed E-state index contributed by atoms with van der Waals surface area (Å²) < 4.78 is 1.67. The summed E-state index contributed by atoms with van der Waals surface area (Å²) in [5, 5.41) is 8.14. The molecule has 0 atom stereocenters. The van der Waals surface area contributed by atoms with Crippen molar-refractivity contribution in [2.24, 2.45) is 7.05 Å². The van der Waals surface area contributed by atoms with Crippen LogP contribution in [0.15, 0.2) is 6.20 Å². The molecule has 2 aromatic heterocycles. The van der Waals surface area contributed by atoms with Gasteiger partial charge in [0.1, 0.15) is 11.0 Å². The quantitative estimate of drug-likeness (QED) is 0.828. The molecule has 3 heterocycles. The van der Waals surface area contributed by atoms with Gasteiger partial charge in [0, 0.05) is 20.1 Å². The minimum atomic E-state index is -0.588. The fourth-order valence-corrected chi connectivity index (χ4v) is 2.72. The van der Waals surface area contributed by atoms with Crippen LogP contribution in [0.5, 0.6) is 0 Å². The van der Waals surface area contributed by atoms with Crippen molar-refractivity contribution in [3.05, 3.63) is 17.2 Å². The molecule has 1 N–H and O–H groups in total. The number of nitrogens with one attached hydrogen (secondary N) is 1. The van der Waals surface area contributed by atoms with Gasteiger partial charge in [-0.1, -0.05) is 11.6 Å². The Labute approximate surface area is 127 Å². The van der Waals surface area contributed by atoms with Crippen LogP contribution in [0.2, 0.25) is 5.15 Å². The fourth-order valence-electron chi connectivity index (χ4n) is 2.49. The van der Waals surface area contributed by atoms with Crippen LogP contribution in [-0.4, -0.2) is 49.2 Å². The Morgan fingerprint density at radius 3 is 2.95 bits per heavy atom. The largest absolute Gasteiger partial charge is 0.353 e. The Morgan fingerprint density at radius 1 is 1.43 bits per heavy atom. The van der Waals surface area contributed by atoms with Crippen molar-refractivity contribution < 1.29 is 4.79 Å². The first-order valence-corrected chi connectivity index (χ1v) is 7.15. The molecule has 0 aliphatic carbocycles. The summed E-state index contributed by atoms with van der Waals surface area (Å²) in [7, 11) is 1.81. The predicted octanol–water partition coefficient (Wildman–Crippen LogP) is 0.727. The minimum absolute atomic E-state index is 0.0152. The second kappa shape index (κ2) is 4.92. The number of nitrogens with zero attached hydrogens (tertiary/aromatic N) is 5. The van der Waals surface area contributed by atoms with Crippen LogP contribution in [0.3, 0.4) is 0 Å². The molecule has 1 aliphatic heterocycles. The van der Waals surface area contributed by atoms with E-state index in [0.717, 1.165) is 11.9 Å². The van der Waals surface area contributed by atoms with Crippen LogP contribution in [0.1, 0.15) is 19.7 Å². The third kappa shape index (κ3) is 2.36. The second-order valence-electron chi connectivity index (χ2n) is 5.67. The average Bonchev–Trinajstić information content (AvgIpc) is 2.78. The van der Waals surface area contributed by atoms with E-state index in [0.29, 0.717) is 29.7 Å². The van der Waals surface area contributed by atoms with Gasteiger partial charge in [-0.3, -0.25) is 14.4 Å². The number of aryl methyl sites for hydroxylation is 1. The lowest BCUT2D eigenvalue weighted by molar-refractivity contribution is -0.135. The Bertz CT molecular complexity index is 710. The van der Waals surface area contributed by atoms with E-state index in [2.05, 4.69) is 25.3 Å². The summed E-state index contributed by atoms with van der Waals surface area (Å²) in [5.41, 5.74) is 0.111. The number of piperazine rings is 1. The van der Waals surface area contributed by atoms with Gasteiger partial charge in [0.2, 0.25) is 5.91 Å². The average molecular weight is 309 g/mol. The van der Waals surface area contributed by atoms with E-state index in [9.17, 15) is 4.79 Å². The number of carbonyl (C=O) groups is 1. The van der Waals surface area contributed by atoms with Gasteiger partial charge in [-0.15, -0.1) is 0 Å². The molecular weight excluding hydrogens is 292 g/mol. The molecule has 1 aliphatic rings. The Kier molecular flexibility index (Phi) is 3.33. The first-order valence-electron chi connectivity index (χ1n) is 6.77. The molecule has 0 saturated carbocycles. The normalized spacial score (nSPS) is 19.0. The van der Waals surface area contributed by atoms with Crippen molar-refractivity contribution in [3.8, 4) is 0 Å². The summed E-state index contributed by atoms with van der Waals surface area (Å²) in [6.07, 6.45) is 1.65. The fraction of sp³-hybridized carbons (Fsp3) is 0.538. The molecular formula is C13H17ClN6O. The minimum Gasteiger partial charge on any atom is -0.353 e. The highest BCUT2D eigenvalue weighted by atomic mass is 35.5. The summed E-state index contributed by atoms with van der Waals surface area (Å²) in [6, 6.07) is 0. The molecule has 1 fully saturated rings. The van der Waals surface area contributed by atoms with Gasteiger partial charge in [0.25, 0.3) is 0 Å². The summed E-state index contributed by atoms with van der Waals surface area (Å²) in [4.78, 5) is 22.9. The topological polar surface area (TPSA) is 75.9 Å². The zero-order valence-corrected chi connectivity index (χ0v) is 13.0. The number of halogens is 1. The first kappa shape index (κ1) is 14.2. The maximum atomic E-state index is 12.0. The summed E-state index contributed by atoms with van der Waals surface area (Å²) in [5.74, 6) is 0.611. The number of carbonyl (C=O) groups excluding carboxylic acids is 1. The van der Waals surface area contributed by atoms with Crippen molar-refractivity contribution in [3.63, 3.8) is 0 Å². The van der Waals surface area contributed by atoms with Gasteiger partial charge >= 0.3 is 0 Å². The monoisotopic (exact) mass is 308 g/mol. The molecule has 0 bridgehead atoms. The van der Waals surface area contributed by atoms with Crippen molar-refractivity contribution in [1.29, 1.82) is 0 Å². The van der Waals surface area contributed by atoms with E-state index >= 15 is 0 Å². The molecule has 0 spiro atoms. The van der Waals surface area contributed by atoms with Gasteiger partial charge in [-0.2, -0.15) is 5.10 Å². The highest BCUT2D eigenvalue weighted by Gasteiger charge is 2.37. The van der Waals surface area contributed by atoms with Crippen LogP contribution >= 0.6 is 11.6 Å². The molecule has 8 heteroatoms. The standard InChI is InChI=1S/C13H17ClN6O/c1-13(2)12(21)15-4-5-20(13)7-9-17-10(14)8-6-16-19(3)11(8)18-9/h6H,4-5,7H2,1-3H3,(H,15,21). The van der Waals surface area contributed by atoms with Crippen LogP contribution in [0.25, 0.3) is 11.0 Å². The van der Waals surface area contributed by atoms with Crippen molar-refractivity contribution in [1.82, 2.24) is 30.0 Å². The highest BCUT2D eigenvalue weighted by molar-refractivity contribution is 6.33. The molecule has 1 amide bonds. The second-order valence-corrected chi connectivity index (χ2v) is 6.03. The number of fused-ring (bicyclic) bond motifs is 1. The van der Waals surface area contributed by atoms with Crippen LogP contribution in [-0.2, 0) is 18.4 Å². The van der Waals surface area contributed by atoms with E-state index in [1.165, 1.54) is 0 Å². The van der Waals surface area contributed by atoms with Crippen LogP contribution in [0.4, 0.5) is 0 Å². The Morgan fingerprint density at radius 2 is 2.19 bits per heavy atom. The van der Waals surface area contributed by atoms with Gasteiger partial charge in [-0.25, -0.2) is 9.97 Å². The Hall–Kier alpha value is -1.73. The zero-order chi connectivity index (χ0) is 15.2. The van der Waals surface area contributed by atoms with Crippen molar-refractivity contribution in [2.45, 2.75) is 25.9 Å². The number of aromatic nitrogens is 4. The molecule has 0 aromatic carbocycles. The lowest BCUT2D eigenvalue weighted by Crippen LogP contribution is -2.61. The van der Waals surface area contributed by atoms with E-state index < -0.39 is 5.54 Å². The number of hydrogen-bond acceptors (Lipinski definition) is 5. The molecule has 1 saturated heterocycles. The lowest BCUT2D eigenvalue weighted by Gasteiger charge is -2.40. The molecule has 2 aromatic rings. The van der Waals surface area contributed by atoms with E-state index in [1.54, 1.807) is 10.9 Å².